The first-order valence-electron chi connectivity index (χ1n) is 12.8. The second-order valence-corrected chi connectivity index (χ2v) is 11.0. The number of imide groups is 1. The quantitative estimate of drug-likeness (QED) is 0.545. The third-order valence-corrected chi connectivity index (χ3v) is 8.83. The van der Waals surface area contributed by atoms with E-state index < -0.39 is 5.92 Å². The van der Waals surface area contributed by atoms with Crippen LogP contribution in [0.1, 0.15) is 70.9 Å². The number of aryl methyl sites for hydroxylation is 2. The number of hydrogen-bond acceptors (Lipinski definition) is 6. The minimum absolute atomic E-state index is 0.00462. The van der Waals surface area contributed by atoms with Gasteiger partial charge in [0.1, 0.15) is 17.4 Å². The van der Waals surface area contributed by atoms with Gasteiger partial charge in [-0.3, -0.25) is 24.4 Å². The smallest absolute Gasteiger partial charge is 0.254 e. The van der Waals surface area contributed by atoms with Gasteiger partial charge in [0.15, 0.2) is 0 Å². The fourth-order valence-corrected chi connectivity index (χ4v) is 6.95. The number of thiophene rings is 1. The van der Waals surface area contributed by atoms with E-state index in [0.29, 0.717) is 31.6 Å². The largest absolute Gasteiger partial charge is 0.488 e. The minimum Gasteiger partial charge on any atom is -0.488 e. The van der Waals surface area contributed by atoms with Crippen LogP contribution in [0.15, 0.2) is 23.6 Å². The molecule has 9 heteroatoms. The highest BCUT2D eigenvalue weighted by Gasteiger charge is 2.33. The number of benzene rings is 1. The summed E-state index contributed by atoms with van der Waals surface area (Å²) in [5, 5.41) is 10.0. The van der Waals surface area contributed by atoms with Crippen LogP contribution in [0.25, 0.3) is 10.9 Å². The molecule has 4 heterocycles. The first-order valence-corrected chi connectivity index (χ1v) is 13.7. The Morgan fingerprint density at radius 1 is 1.11 bits per heavy atom. The number of hydrogen-bond donors (Lipinski definition) is 1. The van der Waals surface area contributed by atoms with E-state index in [1.165, 1.54) is 23.3 Å². The summed E-state index contributed by atoms with van der Waals surface area (Å²) in [5.74, 6) is -0.0716. The zero-order chi connectivity index (χ0) is 24.8. The summed E-state index contributed by atoms with van der Waals surface area (Å²) in [7, 11) is 1.85. The van der Waals surface area contributed by atoms with Crippen LogP contribution in [0.5, 0.6) is 5.75 Å². The highest BCUT2D eigenvalue weighted by Crippen LogP contribution is 2.36. The SMILES string of the molecule is Cn1nc(C2CCC(=O)NC2=O)c2cccc(OC3CCN(C(=O)c4csc5c4CCCC5)CC3)c21. The number of likely N-dealkylation sites (tertiary alicyclic amines) is 1. The zero-order valence-corrected chi connectivity index (χ0v) is 21.2. The minimum atomic E-state index is -0.446. The van der Waals surface area contributed by atoms with Gasteiger partial charge in [0.2, 0.25) is 11.8 Å². The molecule has 36 heavy (non-hydrogen) atoms. The predicted molar refractivity (Wildman–Crippen MR) is 136 cm³/mol. The number of aromatic nitrogens is 2. The first-order chi connectivity index (χ1) is 17.5. The predicted octanol–water partition coefficient (Wildman–Crippen LogP) is 3.72. The van der Waals surface area contributed by atoms with Crippen LogP contribution in [0.2, 0.25) is 0 Å². The molecule has 2 saturated heterocycles. The number of rotatable bonds is 4. The Balaban J connectivity index is 1.16. The average Bonchev–Trinajstić information content (AvgIpc) is 3.46. The van der Waals surface area contributed by atoms with Crippen LogP contribution in [0, 0.1) is 0 Å². The maximum atomic E-state index is 13.2. The molecule has 3 aliphatic rings. The van der Waals surface area contributed by atoms with E-state index in [2.05, 4.69) is 15.8 Å². The topological polar surface area (TPSA) is 93.5 Å². The van der Waals surface area contributed by atoms with Crippen molar-refractivity contribution in [1.82, 2.24) is 20.0 Å². The van der Waals surface area contributed by atoms with Gasteiger partial charge >= 0.3 is 0 Å². The fraction of sp³-hybridized carbons (Fsp3) is 0.481. The molecule has 1 aromatic carbocycles. The average molecular weight is 507 g/mol. The summed E-state index contributed by atoms with van der Waals surface area (Å²) < 4.78 is 8.22. The van der Waals surface area contributed by atoms with Crippen molar-refractivity contribution in [2.45, 2.75) is 63.4 Å². The van der Waals surface area contributed by atoms with Gasteiger partial charge < -0.3 is 9.64 Å². The molecule has 0 radical (unpaired) electrons. The Bertz CT molecular complexity index is 1350. The summed E-state index contributed by atoms with van der Waals surface area (Å²) in [4.78, 5) is 40.7. The number of ether oxygens (including phenoxy) is 1. The van der Waals surface area contributed by atoms with Crippen LogP contribution in [-0.2, 0) is 29.5 Å². The van der Waals surface area contributed by atoms with Gasteiger partial charge in [-0.15, -0.1) is 11.3 Å². The van der Waals surface area contributed by atoms with Crippen LogP contribution in [0.4, 0.5) is 0 Å². The van der Waals surface area contributed by atoms with Gasteiger partial charge in [-0.25, -0.2) is 0 Å². The molecule has 1 aliphatic carbocycles. The molecule has 1 atom stereocenters. The number of para-hydroxylation sites is 1. The van der Waals surface area contributed by atoms with E-state index in [9.17, 15) is 14.4 Å². The third-order valence-electron chi connectivity index (χ3n) is 7.74. The van der Waals surface area contributed by atoms with Gasteiger partial charge in [-0.05, 0) is 43.7 Å². The molecule has 1 unspecified atom stereocenters. The van der Waals surface area contributed by atoms with Crippen LogP contribution < -0.4 is 10.1 Å². The highest BCUT2D eigenvalue weighted by atomic mass is 32.1. The van der Waals surface area contributed by atoms with E-state index in [1.54, 1.807) is 16.0 Å². The summed E-state index contributed by atoms with van der Waals surface area (Å²) in [6, 6.07) is 5.82. The van der Waals surface area contributed by atoms with Crippen molar-refractivity contribution < 1.29 is 19.1 Å². The molecular formula is C27H30N4O4S. The zero-order valence-electron chi connectivity index (χ0n) is 20.4. The van der Waals surface area contributed by atoms with Crippen molar-refractivity contribution in [3.8, 4) is 5.75 Å². The van der Waals surface area contributed by atoms with E-state index >= 15 is 0 Å². The molecule has 2 fully saturated rings. The standard InChI is InChI=1S/C27H30N4O4S/c1-30-25-18(24(29-30)19-9-10-23(32)28-26(19)33)6-4-7-21(25)35-16-11-13-31(14-12-16)27(34)20-15-36-22-8-3-2-5-17(20)22/h4,6-7,15-16,19H,2-3,5,8-14H2,1H3,(H,28,32,33). The lowest BCUT2D eigenvalue weighted by atomic mass is 9.93. The number of amides is 3. The molecular weight excluding hydrogens is 476 g/mol. The number of nitrogens with one attached hydrogen (secondary N) is 1. The summed E-state index contributed by atoms with van der Waals surface area (Å²) in [5.41, 5.74) is 3.72. The van der Waals surface area contributed by atoms with Gasteiger partial charge in [0.25, 0.3) is 5.91 Å². The van der Waals surface area contributed by atoms with Crippen molar-refractivity contribution in [3.63, 3.8) is 0 Å². The lowest BCUT2D eigenvalue weighted by Crippen LogP contribution is -2.42. The van der Waals surface area contributed by atoms with E-state index in [-0.39, 0.29) is 23.8 Å². The van der Waals surface area contributed by atoms with E-state index in [4.69, 9.17) is 4.74 Å². The Kier molecular flexibility index (Phi) is 6.03. The number of carbonyl (C=O) groups excluding carboxylic acids is 3. The second kappa shape index (κ2) is 9.35. The van der Waals surface area contributed by atoms with Crippen molar-refractivity contribution in [1.29, 1.82) is 0 Å². The number of carbonyl (C=O) groups is 3. The number of nitrogens with zero attached hydrogens (tertiary/aromatic N) is 3. The molecule has 0 spiro atoms. The molecule has 0 saturated carbocycles. The fourth-order valence-electron chi connectivity index (χ4n) is 5.84. The molecule has 0 bridgehead atoms. The first kappa shape index (κ1) is 23.2. The van der Waals surface area contributed by atoms with Crippen molar-refractivity contribution in [3.05, 3.63) is 45.3 Å². The lowest BCUT2D eigenvalue weighted by Gasteiger charge is -2.32. The van der Waals surface area contributed by atoms with Crippen molar-refractivity contribution in [2.75, 3.05) is 13.1 Å². The normalized spacial score (nSPS) is 20.9. The Morgan fingerprint density at radius 2 is 1.92 bits per heavy atom. The van der Waals surface area contributed by atoms with Crippen LogP contribution >= 0.6 is 11.3 Å². The maximum Gasteiger partial charge on any atom is 0.254 e. The van der Waals surface area contributed by atoms with E-state index in [1.807, 2.05) is 30.1 Å². The van der Waals surface area contributed by atoms with Gasteiger partial charge in [0.05, 0.1) is 17.2 Å². The van der Waals surface area contributed by atoms with E-state index in [0.717, 1.165) is 47.9 Å². The molecule has 3 aromatic rings. The Hall–Kier alpha value is -3.20. The second-order valence-electron chi connectivity index (χ2n) is 10.0. The maximum absolute atomic E-state index is 13.2. The molecule has 2 aliphatic heterocycles. The Labute approximate surface area is 213 Å². The lowest BCUT2D eigenvalue weighted by molar-refractivity contribution is -0.134. The molecule has 6 rings (SSSR count). The monoisotopic (exact) mass is 506 g/mol. The molecule has 1 N–H and O–H groups in total. The van der Waals surface area contributed by atoms with Crippen LogP contribution in [-0.4, -0.2) is 51.6 Å². The third kappa shape index (κ3) is 4.09. The molecule has 8 nitrogen and oxygen atoms in total. The molecule has 188 valence electrons. The van der Waals surface area contributed by atoms with Gasteiger partial charge in [-0.1, -0.05) is 12.1 Å². The molecule has 3 amide bonds. The number of piperidine rings is 2. The van der Waals surface area contributed by atoms with Crippen molar-refractivity contribution >= 4 is 40.0 Å². The highest BCUT2D eigenvalue weighted by molar-refractivity contribution is 7.10. The van der Waals surface area contributed by atoms with Crippen LogP contribution in [0.3, 0.4) is 0 Å². The van der Waals surface area contributed by atoms with Crippen molar-refractivity contribution in [2.24, 2.45) is 7.05 Å². The summed E-state index contributed by atoms with van der Waals surface area (Å²) >= 11 is 1.74. The number of fused-ring (bicyclic) bond motifs is 2. The Morgan fingerprint density at radius 3 is 2.72 bits per heavy atom. The van der Waals surface area contributed by atoms with Gasteiger partial charge in [-0.2, -0.15) is 5.10 Å². The summed E-state index contributed by atoms with van der Waals surface area (Å²) in [6.07, 6.45) is 6.84. The summed E-state index contributed by atoms with van der Waals surface area (Å²) in [6.45, 7) is 1.36. The van der Waals surface area contributed by atoms with Gasteiger partial charge in [0, 0.05) is 55.0 Å². The molecule has 2 aromatic heterocycles.